The number of amides is 2. The molecule has 1 heterocycles. The summed E-state index contributed by atoms with van der Waals surface area (Å²) in [6.07, 6.45) is 0.754. The Kier molecular flexibility index (Phi) is 7.45. The predicted molar refractivity (Wildman–Crippen MR) is 117 cm³/mol. The molecule has 2 N–H and O–H groups in total. The van der Waals surface area contributed by atoms with Crippen molar-refractivity contribution in [3.8, 4) is 5.75 Å². The van der Waals surface area contributed by atoms with E-state index < -0.39 is 0 Å². The van der Waals surface area contributed by atoms with Gasteiger partial charge in [0.1, 0.15) is 11.6 Å². The molecule has 156 valence electrons. The number of anilines is 2. The summed E-state index contributed by atoms with van der Waals surface area (Å²) in [6.45, 7) is 0. The molecule has 2 amide bonds. The van der Waals surface area contributed by atoms with E-state index in [9.17, 15) is 9.59 Å². The summed E-state index contributed by atoms with van der Waals surface area (Å²) in [7, 11) is 3.42. The summed E-state index contributed by atoms with van der Waals surface area (Å²) in [5.74, 6) is 1.39. The molecule has 0 aliphatic carbocycles. The second-order valence-electron chi connectivity index (χ2n) is 6.44. The minimum Gasteiger partial charge on any atom is -0.497 e. The fourth-order valence-electron chi connectivity index (χ4n) is 2.66. The highest BCUT2D eigenvalue weighted by molar-refractivity contribution is 7.99. The Labute approximate surface area is 179 Å². The highest BCUT2D eigenvalue weighted by Gasteiger charge is 2.13. The number of ether oxygens (including phenoxy) is 1. The van der Waals surface area contributed by atoms with E-state index in [0.29, 0.717) is 29.5 Å². The molecule has 0 fully saturated rings. The number of nitrogens with zero attached hydrogens (tertiary/aromatic N) is 3. The molecule has 0 saturated carbocycles. The number of para-hydroxylation sites is 1. The second-order valence-corrected chi connectivity index (χ2v) is 7.38. The van der Waals surface area contributed by atoms with E-state index in [4.69, 9.17) is 4.74 Å². The molecule has 3 rings (SSSR count). The summed E-state index contributed by atoms with van der Waals surface area (Å²) in [4.78, 5) is 24.3. The first kappa shape index (κ1) is 21.4. The number of aromatic nitrogens is 3. The molecule has 2 aromatic carbocycles. The van der Waals surface area contributed by atoms with Gasteiger partial charge in [0, 0.05) is 31.3 Å². The minimum absolute atomic E-state index is 0.0859. The van der Waals surface area contributed by atoms with Crippen molar-refractivity contribution in [2.45, 2.75) is 18.0 Å². The molecule has 0 unspecified atom stereocenters. The minimum atomic E-state index is -0.142. The topological polar surface area (TPSA) is 98.1 Å². The average molecular weight is 426 g/mol. The zero-order valence-electron chi connectivity index (χ0n) is 16.8. The van der Waals surface area contributed by atoms with Crippen LogP contribution in [0.25, 0.3) is 0 Å². The van der Waals surface area contributed by atoms with Crippen molar-refractivity contribution in [3.63, 3.8) is 0 Å². The lowest BCUT2D eigenvalue weighted by Gasteiger charge is -2.07. The van der Waals surface area contributed by atoms with Crippen molar-refractivity contribution in [1.82, 2.24) is 14.8 Å². The molecule has 0 atom stereocenters. The number of carbonyl (C=O) groups excluding carboxylic acids is 2. The maximum atomic E-state index is 12.2. The van der Waals surface area contributed by atoms with E-state index in [1.807, 2.05) is 37.4 Å². The number of methoxy groups -OCH3 is 1. The number of hydrogen-bond donors (Lipinski definition) is 2. The zero-order chi connectivity index (χ0) is 21.3. The molecule has 0 saturated heterocycles. The maximum absolute atomic E-state index is 12.2. The smallest absolute Gasteiger partial charge is 0.234 e. The number of benzene rings is 2. The number of carbonyl (C=O) groups is 2. The third-order valence-electron chi connectivity index (χ3n) is 4.26. The largest absolute Gasteiger partial charge is 0.497 e. The van der Waals surface area contributed by atoms with Gasteiger partial charge in [-0.2, -0.15) is 0 Å². The number of hydrogen-bond acceptors (Lipinski definition) is 6. The number of nitrogens with one attached hydrogen (secondary N) is 2. The van der Waals surface area contributed by atoms with Crippen molar-refractivity contribution >= 4 is 35.0 Å². The lowest BCUT2D eigenvalue weighted by atomic mass is 10.2. The Morgan fingerprint density at radius 1 is 0.967 bits per heavy atom. The molecule has 0 aliphatic heterocycles. The first-order chi connectivity index (χ1) is 14.5. The van der Waals surface area contributed by atoms with Gasteiger partial charge in [0.15, 0.2) is 5.16 Å². The fourth-order valence-corrected chi connectivity index (χ4v) is 3.39. The zero-order valence-corrected chi connectivity index (χ0v) is 17.6. The monoisotopic (exact) mass is 425 g/mol. The van der Waals surface area contributed by atoms with E-state index >= 15 is 0 Å². The predicted octanol–water partition coefficient (Wildman–Crippen LogP) is 3.13. The highest BCUT2D eigenvalue weighted by Crippen LogP contribution is 2.18. The van der Waals surface area contributed by atoms with Gasteiger partial charge in [-0.3, -0.25) is 9.59 Å². The van der Waals surface area contributed by atoms with Crippen LogP contribution in [-0.2, 0) is 23.1 Å². The van der Waals surface area contributed by atoms with Crippen molar-refractivity contribution in [2.75, 3.05) is 23.5 Å². The van der Waals surface area contributed by atoms with Gasteiger partial charge in [-0.25, -0.2) is 0 Å². The first-order valence-corrected chi connectivity index (χ1v) is 10.3. The number of rotatable bonds is 9. The highest BCUT2D eigenvalue weighted by atomic mass is 32.2. The summed E-state index contributed by atoms with van der Waals surface area (Å²) in [6, 6.07) is 16.4. The Morgan fingerprint density at radius 3 is 2.33 bits per heavy atom. The van der Waals surface area contributed by atoms with Gasteiger partial charge in [-0.15, -0.1) is 10.2 Å². The quantitative estimate of drug-likeness (QED) is 0.511. The Morgan fingerprint density at radius 2 is 1.63 bits per heavy atom. The van der Waals surface area contributed by atoms with Crippen molar-refractivity contribution in [3.05, 3.63) is 60.4 Å². The lowest BCUT2D eigenvalue weighted by molar-refractivity contribution is -0.116. The van der Waals surface area contributed by atoms with Crippen LogP contribution in [0.1, 0.15) is 12.2 Å². The Balaban J connectivity index is 1.46. The number of aryl methyl sites for hydroxylation is 1. The van der Waals surface area contributed by atoms with E-state index in [1.165, 1.54) is 11.8 Å². The molecular weight excluding hydrogens is 402 g/mol. The van der Waals surface area contributed by atoms with Gasteiger partial charge in [0.25, 0.3) is 0 Å². The molecule has 1 aromatic heterocycles. The molecule has 0 spiro atoms. The second kappa shape index (κ2) is 10.4. The molecule has 0 bridgehead atoms. The van der Waals surface area contributed by atoms with Crippen LogP contribution in [0.4, 0.5) is 11.4 Å². The van der Waals surface area contributed by atoms with E-state index in [2.05, 4.69) is 20.8 Å². The molecule has 3 aromatic rings. The first-order valence-electron chi connectivity index (χ1n) is 9.35. The standard InChI is InChI=1S/C21H23N5O3S/c1-26-18(12-13-19(27)22-15-6-4-3-5-7-15)24-25-21(26)30-14-20(28)23-16-8-10-17(29-2)11-9-16/h3-11H,12-14H2,1-2H3,(H,22,27)(H,23,28). The molecule has 0 radical (unpaired) electrons. The van der Waals surface area contributed by atoms with Gasteiger partial charge in [-0.1, -0.05) is 30.0 Å². The van der Waals surface area contributed by atoms with Crippen LogP contribution < -0.4 is 15.4 Å². The summed E-state index contributed by atoms with van der Waals surface area (Å²) >= 11 is 1.29. The van der Waals surface area contributed by atoms with Crippen LogP contribution in [0.3, 0.4) is 0 Å². The maximum Gasteiger partial charge on any atom is 0.234 e. The van der Waals surface area contributed by atoms with Gasteiger partial charge < -0.3 is 19.9 Å². The molecule has 8 nitrogen and oxygen atoms in total. The van der Waals surface area contributed by atoms with Crippen LogP contribution in [-0.4, -0.2) is 39.4 Å². The molecule has 9 heteroatoms. The van der Waals surface area contributed by atoms with Crippen molar-refractivity contribution < 1.29 is 14.3 Å². The molecular formula is C21H23N5O3S. The van der Waals surface area contributed by atoms with Crippen LogP contribution in [0.2, 0.25) is 0 Å². The third kappa shape index (κ3) is 6.08. The fraction of sp³-hybridized carbons (Fsp3) is 0.238. The summed E-state index contributed by atoms with van der Waals surface area (Å²) < 4.78 is 6.91. The molecule has 30 heavy (non-hydrogen) atoms. The number of thioether (sulfide) groups is 1. The summed E-state index contributed by atoms with van der Waals surface area (Å²) in [5.41, 5.74) is 1.46. The normalized spacial score (nSPS) is 10.5. The van der Waals surface area contributed by atoms with Crippen LogP contribution in [0.5, 0.6) is 5.75 Å². The van der Waals surface area contributed by atoms with Gasteiger partial charge in [0.2, 0.25) is 11.8 Å². The SMILES string of the molecule is COc1ccc(NC(=O)CSc2nnc(CCC(=O)Nc3ccccc3)n2C)cc1. The van der Waals surface area contributed by atoms with Crippen LogP contribution >= 0.6 is 11.8 Å². The Hall–Kier alpha value is -3.33. The average Bonchev–Trinajstić information content (AvgIpc) is 3.11. The van der Waals surface area contributed by atoms with Crippen LogP contribution in [0.15, 0.2) is 59.8 Å². The molecule has 0 aliphatic rings. The van der Waals surface area contributed by atoms with E-state index in [1.54, 1.807) is 35.9 Å². The van der Waals surface area contributed by atoms with Gasteiger partial charge >= 0.3 is 0 Å². The van der Waals surface area contributed by atoms with E-state index in [-0.39, 0.29) is 17.6 Å². The van der Waals surface area contributed by atoms with Crippen molar-refractivity contribution in [1.29, 1.82) is 0 Å². The Bertz CT molecular complexity index is 990. The lowest BCUT2D eigenvalue weighted by Crippen LogP contribution is -2.15. The van der Waals surface area contributed by atoms with Gasteiger partial charge in [0.05, 0.1) is 12.9 Å². The van der Waals surface area contributed by atoms with Crippen LogP contribution in [0, 0.1) is 0 Å². The van der Waals surface area contributed by atoms with E-state index in [0.717, 1.165) is 11.4 Å². The third-order valence-corrected chi connectivity index (χ3v) is 5.28. The summed E-state index contributed by atoms with van der Waals surface area (Å²) in [5, 5.41) is 14.6. The van der Waals surface area contributed by atoms with Crippen molar-refractivity contribution in [2.24, 2.45) is 7.05 Å². The van der Waals surface area contributed by atoms with Gasteiger partial charge in [-0.05, 0) is 36.4 Å².